The van der Waals surface area contributed by atoms with Crippen molar-refractivity contribution in [1.82, 2.24) is 4.31 Å². The molecule has 0 spiro atoms. The Labute approximate surface area is 123 Å². The van der Waals surface area contributed by atoms with Crippen molar-refractivity contribution in [2.45, 2.75) is 24.3 Å². The number of nitrogens with zero attached hydrogens (tertiary/aromatic N) is 1. The number of amides is 1. The van der Waals surface area contributed by atoms with E-state index in [1.165, 1.54) is 21.2 Å². The van der Waals surface area contributed by atoms with Crippen molar-refractivity contribution in [1.29, 1.82) is 0 Å². The molecule has 1 atom stereocenters. The SMILES string of the molecule is CC[C@H](OC)C(=O)Nc1cc(S(=O)(=O)N(C)C)ccc1F. The summed E-state index contributed by atoms with van der Waals surface area (Å²) >= 11 is 0. The molecule has 0 aliphatic rings. The minimum atomic E-state index is -3.70. The van der Waals surface area contributed by atoms with E-state index in [4.69, 9.17) is 4.74 Å². The van der Waals surface area contributed by atoms with Crippen LogP contribution in [0.25, 0.3) is 0 Å². The van der Waals surface area contributed by atoms with Crippen molar-refractivity contribution in [2.75, 3.05) is 26.5 Å². The molecule has 0 aliphatic carbocycles. The molecule has 0 bridgehead atoms. The molecule has 0 saturated heterocycles. The zero-order valence-corrected chi connectivity index (χ0v) is 13.2. The summed E-state index contributed by atoms with van der Waals surface area (Å²) in [6.45, 7) is 1.75. The Morgan fingerprint density at radius 2 is 2.05 bits per heavy atom. The summed E-state index contributed by atoms with van der Waals surface area (Å²) in [5, 5.41) is 2.34. The predicted octanol–water partition coefficient (Wildman–Crippen LogP) is 1.44. The third-order valence-corrected chi connectivity index (χ3v) is 4.73. The molecule has 6 nitrogen and oxygen atoms in total. The second-order valence-electron chi connectivity index (χ2n) is 4.55. The first-order valence-corrected chi connectivity index (χ1v) is 7.73. The van der Waals surface area contributed by atoms with Crippen LogP contribution < -0.4 is 5.32 Å². The van der Waals surface area contributed by atoms with Crippen LogP contribution in [0.5, 0.6) is 0 Å². The van der Waals surface area contributed by atoms with Crippen molar-refractivity contribution < 1.29 is 22.3 Å². The number of sulfonamides is 1. The Morgan fingerprint density at radius 3 is 2.52 bits per heavy atom. The predicted molar refractivity (Wildman–Crippen MR) is 77.0 cm³/mol. The molecule has 21 heavy (non-hydrogen) atoms. The molecule has 0 heterocycles. The van der Waals surface area contributed by atoms with E-state index in [1.54, 1.807) is 6.92 Å². The number of hydrogen-bond acceptors (Lipinski definition) is 4. The third kappa shape index (κ3) is 3.99. The molecule has 0 aliphatic heterocycles. The number of carbonyl (C=O) groups is 1. The fraction of sp³-hybridized carbons (Fsp3) is 0.462. The molecule has 0 aromatic heterocycles. The van der Waals surface area contributed by atoms with Gasteiger partial charge in [0.2, 0.25) is 10.0 Å². The maximum Gasteiger partial charge on any atom is 0.253 e. The Kier molecular flexibility index (Phi) is 5.82. The van der Waals surface area contributed by atoms with Crippen molar-refractivity contribution in [3.05, 3.63) is 24.0 Å². The lowest BCUT2D eigenvalue weighted by molar-refractivity contribution is -0.125. The Bertz CT molecular complexity index is 613. The molecule has 0 radical (unpaired) electrons. The lowest BCUT2D eigenvalue weighted by atomic mass is 10.2. The number of carbonyl (C=O) groups excluding carboxylic acids is 1. The first-order chi connectivity index (χ1) is 9.73. The van der Waals surface area contributed by atoms with Crippen molar-refractivity contribution in [2.24, 2.45) is 0 Å². The standard InChI is InChI=1S/C13H19FN2O4S/c1-5-12(20-4)13(17)15-11-8-9(6-7-10(11)14)21(18,19)16(2)3/h6-8,12H,5H2,1-4H3,(H,15,17)/t12-/m0/s1. The second kappa shape index (κ2) is 6.97. The summed E-state index contributed by atoms with van der Waals surface area (Å²) in [4.78, 5) is 11.8. The number of benzene rings is 1. The van der Waals surface area contributed by atoms with Gasteiger partial charge in [-0.25, -0.2) is 17.1 Å². The first-order valence-electron chi connectivity index (χ1n) is 6.29. The third-order valence-electron chi connectivity index (χ3n) is 2.92. The highest BCUT2D eigenvalue weighted by Gasteiger charge is 2.21. The Balaban J connectivity index is 3.12. The summed E-state index contributed by atoms with van der Waals surface area (Å²) < 4.78 is 43.7. The Hall–Kier alpha value is -1.51. The summed E-state index contributed by atoms with van der Waals surface area (Å²) in [5.41, 5.74) is -0.196. The van der Waals surface area contributed by atoms with Crippen LogP contribution in [0.15, 0.2) is 23.1 Å². The Morgan fingerprint density at radius 1 is 1.43 bits per heavy atom. The normalized spacial score (nSPS) is 13.2. The monoisotopic (exact) mass is 318 g/mol. The number of nitrogens with one attached hydrogen (secondary N) is 1. The number of anilines is 1. The topological polar surface area (TPSA) is 75.7 Å². The van der Waals surface area contributed by atoms with Gasteiger partial charge in [-0.15, -0.1) is 0 Å². The van der Waals surface area contributed by atoms with Gasteiger partial charge >= 0.3 is 0 Å². The number of halogens is 1. The van der Waals surface area contributed by atoms with Gasteiger partial charge in [0.05, 0.1) is 10.6 Å². The summed E-state index contributed by atoms with van der Waals surface area (Å²) in [6.07, 6.45) is -0.307. The summed E-state index contributed by atoms with van der Waals surface area (Å²) in [7, 11) is 0.413. The quantitative estimate of drug-likeness (QED) is 0.861. The molecule has 1 aromatic carbocycles. The van der Waals surface area contributed by atoms with Crippen LogP contribution in [0.2, 0.25) is 0 Å². The van der Waals surface area contributed by atoms with Gasteiger partial charge in [-0.05, 0) is 24.6 Å². The van der Waals surface area contributed by atoms with Crippen LogP contribution in [0.4, 0.5) is 10.1 Å². The molecule has 0 saturated carbocycles. The van der Waals surface area contributed by atoms with E-state index in [9.17, 15) is 17.6 Å². The van der Waals surface area contributed by atoms with Gasteiger partial charge in [0, 0.05) is 21.2 Å². The minimum absolute atomic E-state index is 0.102. The molecular formula is C13H19FN2O4S. The molecular weight excluding hydrogens is 299 g/mol. The highest BCUT2D eigenvalue weighted by atomic mass is 32.2. The zero-order valence-electron chi connectivity index (χ0n) is 12.4. The lowest BCUT2D eigenvalue weighted by Gasteiger charge is -2.15. The molecule has 1 N–H and O–H groups in total. The van der Waals surface area contributed by atoms with E-state index < -0.39 is 27.9 Å². The zero-order chi connectivity index (χ0) is 16.2. The number of ether oxygens (including phenoxy) is 1. The molecule has 1 rings (SSSR count). The van der Waals surface area contributed by atoms with Crippen LogP contribution in [-0.2, 0) is 19.6 Å². The average molecular weight is 318 g/mol. The van der Waals surface area contributed by atoms with E-state index in [2.05, 4.69) is 5.32 Å². The number of hydrogen-bond donors (Lipinski definition) is 1. The largest absolute Gasteiger partial charge is 0.372 e. The van der Waals surface area contributed by atoms with Gasteiger partial charge in [-0.2, -0.15) is 0 Å². The summed E-state index contributed by atoms with van der Waals surface area (Å²) in [6, 6.07) is 3.23. The van der Waals surface area contributed by atoms with Gasteiger partial charge in [0.1, 0.15) is 11.9 Å². The van der Waals surface area contributed by atoms with E-state index in [0.717, 1.165) is 22.5 Å². The van der Waals surface area contributed by atoms with Crippen molar-refractivity contribution >= 4 is 21.6 Å². The lowest BCUT2D eigenvalue weighted by Crippen LogP contribution is -2.29. The highest BCUT2D eigenvalue weighted by molar-refractivity contribution is 7.89. The molecule has 118 valence electrons. The van der Waals surface area contributed by atoms with E-state index >= 15 is 0 Å². The maximum atomic E-state index is 13.7. The van der Waals surface area contributed by atoms with Crippen LogP contribution >= 0.6 is 0 Å². The fourth-order valence-electron chi connectivity index (χ4n) is 1.64. The fourth-order valence-corrected chi connectivity index (χ4v) is 2.57. The van der Waals surface area contributed by atoms with Crippen LogP contribution in [0, 0.1) is 5.82 Å². The maximum absolute atomic E-state index is 13.7. The van der Waals surface area contributed by atoms with Gasteiger partial charge in [-0.3, -0.25) is 4.79 Å². The highest BCUT2D eigenvalue weighted by Crippen LogP contribution is 2.21. The van der Waals surface area contributed by atoms with Crippen molar-refractivity contribution in [3.8, 4) is 0 Å². The minimum Gasteiger partial charge on any atom is -0.372 e. The van der Waals surface area contributed by atoms with Crippen LogP contribution in [-0.4, -0.2) is 45.9 Å². The summed E-state index contributed by atoms with van der Waals surface area (Å²) in [5.74, 6) is -1.25. The van der Waals surface area contributed by atoms with Crippen molar-refractivity contribution in [3.63, 3.8) is 0 Å². The molecule has 1 aromatic rings. The number of methoxy groups -OCH3 is 1. The van der Waals surface area contributed by atoms with Gasteiger partial charge in [0.25, 0.3) is 5.91 Å². The van der Waals surface area contributed by atoms with Gasteiger partial charge < -0.3 is 10.1 Å². The average Bonchev–Trinajstić information content (AvgIpc) is 2.42. The molecule has 0 fully saturated rings. The smallest absolute Gasteiger partial charge is 0.253 e. The van der Waals surface area contributed by atoms with E-state index in [1.807, 2.05) is 0 Å². The number of rotatable bonds is 6. The van der Waals surface area contributed by atoms with E-state index in [-0.39, 0.29) is 10.6 Å². The van der Waals surface area contributed by atoms with Crippen LogP contribution in [0.3, 0.4) is 0 Å². The molecule has 1 amide bonds. The second-order valence-corrected chi connectivity index (χ2v) is 6.70. The van der Waals surface area contributed by atoms with Crippen LogP contribution in [0.1, 0.15) is 13.3 Å². The molecule has 8 heteroatoms. The molecule has 0 unspecified atom stereocenters. The first kappa shape index (κ1) is 17.5. The van der Waals surface area contributed by atoms with Gasteiger partial charge in [-0.1, -0.05) is 6.92 Å². The van der Waals surface area contributed by atoms with Gasteiger partial charge in [0.15, 0.2) is 0 Å². The van der Waals surface area contributed by atoms with E-state index in [0.29, 0.717) is 6.42 Å².